The van der Waals surface area contributed by atoms with Crippen molar-refractivity contribution in [1.29, 1.82) is 0 Å². The van der Waals surface area contributed by atoms with Gasteiger partial charge in [-0.25, -0.2) is 0 Å². The van der Waals surface area contributed by atoms with Crippen LogP contribution >= 0.6 is 11.8 Å². The smallest absolute Gasteiger partial charge is 0.120 e. The molecule has 2 rings (SSSR count). The summed E-state index contributed by atoms with van der Waals surface area (Å²) in [5.41, 5.74) is 1.31. The third-order valence-corrected chi connectivity index (χ3v) is 4.90. The fourth-order valence-electron chi connectivity index (χ4n) is 2.50. The maximum atomic E-state index is 5.76. The Balaban J connectivity index is 2.00. The van der Waals surface area contributed by atoms with Crippen molar-refractivity contribution in [2.75, 3.05) is 5.75 Å². The summed E-state index contributed by atoms with van der Waals surface area (Å²) in [6, 6.07) is 9.46. The van der Waals surface area contributed by atoms with Crippen LogP contribution in [0.5, 0.6) is 5.75 Å². The monoisotopic (exact) mass is 279 g/mol. The van der Waals surface area contributed by atoms with Gasteiger partial charge in [-0.1, -0.05) is 19.1 Å². The first-order valence-corrected chi connectivity index (χ1v) is 8.25. The molecule has 0 bridgehead atoms. The molecule has 0 saturated carbocycles. The number of benzene rings is 1. The molecule has 0 spiro atoms. The average Bonchev–Trinajstić information content (AvgIpc) is 2.74. The lowest BCUT2D eigenvalue weighted by atomic mass is 10.1. The molecule has 1 aromatic rings. The van der Waals surface area contributed by atoms with Gasteiger partial charge in [0.2, 0.25) is 0 Å². The molecule has 3 unspecified atom stereocenters. The fourth-order valence-corrected chi connectivity index (χ4v) is 3.71. The zero-order chi connectivity index (χ0) is 13.8. The third kappa shape index (κ3) is 4.15. The Kier molecular flexibility index (Phi) is 5.17. The summed E-state index contributed by atoms with van der Waals surface area (Å²) in [7, 11) is 0. The van der Waals surface area contributed by atoms with Gasteiger partial charge in [-0.2, -0.15) is 11.8 Å². The van der Waals surface area contributed by atoms with E-state index in [4.69, 9.17) is 4.74 Å². The van der Waals surface area contributed by atoms with Gasteiger partial charge in [-0.3, -0.25) is 0 Å². The van der Waals surface area contributed by atoms with Gasteiger partial charge in [0.15, 0.2) is 0 Å². The third-order valence-electron chi connectivity index (χ3n) is 3.57. The van der Waals surface area contributed by atoms with E-state index in [0.717, 1.165) is 11.0 Å². The number of nitrogens with one attached hydrogen (secondary N) is 1. The van der Waals surface area contributed by atoms with Crippen LogP contribution in [-0.2, 0) is 0 Å². The van der Waals surface area contributed by atoms with Crippen LogP contribution in [0.15, 0.2) is 24.3 Å². The number of rotatable bonds is 5. The summed E-state index contributed by atoms with van der Waals surface area (Å²) < 4.78 is 5.76. The second kappa shape index (κ2) is 6.67. The Hall–Kier alpha value is -0.670. The molecule has 0 amide bonds. The van der Waals surface area contributed by atoms with Crippen molar-refractivity contribution in [3.63, 3.8) is 0 Å². The van der Waals surface area contributed by atoms with Crippen LogP contribution < -0.4 is 10.1 Å². The van der Waals surface area contributed by atoms with E-state index in [1.807, 2.05) is 6.07 Å². The number of ether oxygens (including phenoxy) is 1. The van der Waals surface area contributed by atoms with E-state index in [-0.39, 0.29) is 6.10 Å². The topological polar surface area (TPSA) is 21.3 Å². The minimum atomic E-state index is 0.227. The van der Waals surface area contributed by atoms with Crippen molar-refractivity contribution in [3.05, 3.63) is 29.8 Å². The second-order valence-corrected chi connectivity index (χ2v) is 7.08. The van der Waals surface area contributed by atoms with Crippen molar-refractivity contribution in [1.82, 2.24) is 5.32 Å². The van der Waals surface area contributed by atoms with Gasteiger partial charge in [0.1, 0.15) is 5.75 Å². The molecule has 0 radical (unpaired) electrons. The first-order valence-electron chi connectivity index (χ1n) is 7.20. The highest BCUT2D eigenvalue weighted by molar-refractivity contribution is 8.00. The molecule has 0 aliphatic carbocycles. The zero-order valence-electron chi connectivity index (χ0n) is 12.3. The van der Waals surface area contributed by atoms with E-state index in [2.05, 4.69) is 63.0 Å². The lowest BCUT2D eigenvalue weighted by molar-refractivity contribution is 0.242. The number of thioether (sulfide) groups is 1. The van der Waals surface area contributed by atoms with Crippen LogP contribution in [0.3, 0.4) is 0 Å². The van der Waals surface area contributed by atoms with Crippen molar-refractivity contribution in [2.45, 2.75) is 57.6 Å². The fraction of sp³-hybridized carbons (Fsp3) is 0.625. The van der Waals surface area contributed by atoms with Gasteiger partial charge in [-0.15, -0.1) is 0 Å². The summed E-state index contributed by atoms with van der Waals surface area (Å²) in [6.45, 7) is 8.68. The minimum absolute atomic E-state index is 0.227. The molecule has 1 fully saturated rings. The van der Waals surface area contributed by atoms with Crippen molar-refractivity contribution in [3.8, 4) is 5.75 Å². The number of hydrogen-bond donors (Lipinski definition) is 1. The van der Waals surface area contributed by atoms with Gasteiger partial charge < -0.3 is 10.1 Å². The average molecular weight is 279 g/mol. The molecule has 1 aliphatic heterocycles. The summed E-state index contributed by atoms with van der Waals surface area (Å²) in [5.74, 6) is 2.25. The van der Waals surface area contributed by atoms with Gasteiger partial charge in [0.25, 0.3) is 0 Å². The van der Waals surface area contributed by atoms with E-state index in [1.54, 1.807) is 0 Å². The van der Waals surface area contributed by atoms with Crippen molar-refractivity contribution in [2.24, 2.45) is 0 Å². The molecule has 1 saturated heterocycles. The SMILES string of the molecule is CC(C)Oc1cccc(C(C)NC2CCSC2C)c1. The highest BCUT2D eigenvalue weighted by atomic mass is 32.2. The lowest BCUT2D eigenvalue weighted by Gasteiger charge is -2.23. The molecule has 1 aromatic carbocycles. The molecular weight excluding hydrogens is 254 g/mol. The van der Waals surface area contributed by atoms with E-state index >= 15 is 0 Å². The maximum Gasteiger partial charge on any atom is 0.120 e. The van der Waals surface area contributed by atoms with Crippen LogP contribution in [0, 0.1) is 0 Å². The normalized spacial score (nSPS) is 24.7. The number of hydrogen-bond acceptors (Lipinski definition) is 3. The van der Waals surface area contributed by atoms with Crippen LogP contribution in [0.1, 0.15) is 45.7 Å². The van der Waals surface area contributed by atoms with Crippen LogP contribution in [0.4, 0.5) is 0 Å². The highest BCUT2D eigenvalue weighted by Gasteiger charge is 2.25. The van der Waals surface area contributed by atoms with Crippen LogP contribution in [-0.4, -0.2) is 23.1 Å². The molecule has 1 N–H and O–H groups in total. The van der Waals surface area contributed by atoms with Gasteiger partial charge in [0.05, 0.1) is 6.10 Å². The molecule has 3 atom stereocenters. The van der Waals surface area contributed by atoms with E-state index < -0.39 is 0 Å². The Morgan fingerprint density at radius 2 is 2.11 bits per heavy atom. The van der Waals surface area contributed by atoms with E-state index in [9.17, 15) is 0 Å². The molecular formula is C16H25NOS. The zero-order valence-corrected chi connectivity index (χ0v) is 13.2. The Bertz CT molecular complexity index is 407. The largest absolute Gasteiger partial charge is 0.491 e. The predicted molar refractivity (Wildman–Crippen MR) is 84.1 cm³/mol. The summed E-state index contributed by atoms with van der Waals surface area (Å²) in [5, 5.41) is 4.47. The molecule has 19 heavy (non-hydrogen) atoms. The van der Waals surface area contributed by atoms with Crippen molar-refractivity contribution < 1.29 is 4.74 Å². The first-order chi connectivity index (χ1) is 9.06. The van der Waals surface area contributed by atoms with Crippen molar-refractivity contribution >= 4 is 11.8 Å². The standard InChI is InChI=1S/C16H25NOS/c1-11(2)18-15-7-5-6-14(10-15)12(3)17-16-8-9-19-13(16)4/h5-7,10-13,16-17H,8-9H2,1-4H3. The minimum Gasteiger partial charge on any atom is -0.491 e. The maximum absolute atomic E-state index is 5.76. The summed E-state index contributed by atoms with van der Waals surface area (Å²) in [6.07, 6.45) is 1.50. The quantitative estimate of drug-likeness (QED) is 0.879. The molecule has 106 valence electrons. The highest BCUT2D eigenvalue weighted by Crippen LogP contribution is 2.29. The van der Waals surface area contributed by atoms with Gasteiger partial charge in [-0.05, 0) is 50.6 Å². The first kappa shape index (κ1) is 14.7. The van der Waals surface area contributed by atoms with Gasteiger partial charge in [0, 0.05) is 17.3 Å². The molecule has 0 aromatic heterocycles. The molecule has 3 heteroatoms. The Morgan fingerprint density at radius 1 is 1.32 bits per heavy atom. The second-order valence-electron chi connectivity index (χ2n) is 5.60. The Labute approximate surface area is 121 Å². The predicted octanol–water partition coefficient (Wildman–Crippen LogP) is 4.02. The summed E-state index contributed by atoms with van der Waals surface area (Å²) >= 11 is 2.07. The molecule has 1 heterocycles. The summed E-state index contributed by atoms with van der Waals surface area (Å²) in [4.78, 5) is 0. The van der Waals surface area contributed by atoms with E-state index in [0.29, 0.717) is 12.1 Å². The molecule has 2 nitrogen and oxygen atoms in total. The van der Waals surface area contributed by atoms with E-state index in [1.165, 1.54) is 17.7 Å². The molecule has 1 aliphatic rings. The van der Waals surface area contributed by atoms with Crippen LogP contribution in [0.25, 0.3) is 0 Å². The van der Waals surface area contributed by atoms with Gasteiger partial charge >= 0.3 is 0 Å². The lowest BCUT2D eigenvalue weighted by Crippen LogP contribution is -2.35. The van der Waals surface area contributed by atoms with Crippen LogP contribution in [0.2, 0.25) is 0 Å². The Morgan fingerprint density at radius 3 is 2.74 bits per heavy atom.